The third-order valence-corrected chi connectivity index (χ3v) is 6.21. The van der Waals surface area contributed by atoms with Crippen molar-refractivity contribution < 1.29 is 4.79 Å². The summed E-state index contributed by atoms with van der Waals surface area (Å²) in [5.74, 6) is 2.51. The van der Waals surface area contributed by atoms with Gasteiger partial charge in [-0.05, 0) is 43.9 Å². The molecule has 0 radical (unpaired) electrons. The molecule has 0 spiro atoms. The van der Waals surface area contributed by atoms with Crippen molar-refractivity contribution in [2.45, 2.75) is 31.6 Å². The van der Waals surface area contributed by atoms with E-state index in [-0.39, 0.29) is 11.8 Å². The summed E-state index contributed by atoms with van der Waals surface area (Å²) in [6.07, 6.45) is 7.40. The molecule has 1 amide bonds. The lowest BCUT2D eigenvalue weighted by Crippen LogP contribution is -2.47. The molecule has 2 aliphatic rings. The van der Waals surface area contributed by atoms with Crippen LogP contribution in [-0.4, -0.2) is 56.9 Å². The fourth-order valence-corrected chi connectivity index (χ4v) is 4.61. The third kappa shape index (κ3) is 3.69. The fourth-order valence-electron chi connectivity index (χ4n) is 4.61. The van der Waals surface area contributed by atoms with E-state index in [0.717, 1.165) is 68.1 Å². The molecule has 1 unspecified atom stereocenters. The van der Waals surface area contributed by atoms with Gasteiger partial charge in [0.2, 0.25) is 11.9 Å². The predicted octanol–water partition coefficient (Wildman–Crippen LogP) is 2.98. The molecule has 1 atom stereocenters. The number of nitrogens with one attached hydrogen (secondary N) is 1. The van der Waals surface area contributed by atoms with Crippen LogP contribution in [0.4, 0.5) is 5.95 Å². The van der Waals surface area contributed by atoms with Crippen LogP contribution in [0.5, 0.6) is 0 Å². The first kappa shape index (κ1) is 18.1. The van der Waals surface area contributed by atoms with Crippen LogP contribution < -0.4 is 4.90 Å². The summed E-state index contributed by atoms with van der Waals surface area (Å²) < 4.78 is 0. The zero-order valence-electron chi connectivity index (χ0n) is 16.5. The number of para-hydroxylation sites is 2. The average molecular weight is 390 g/mol. The van der Waals surface area contributed by atoms with Gasteiger partial charge in [-0.15, -0.1) is 0 Å². The van der Waals surface area contributed by atoms with Crippen molar-refractivity contribution in [3.05, 3.63) is 48.5 Å². The number of aromatic amines is 1. The van der Waals surface area contributed by atoms with E-state index in [9.17, 15) is 4.79 Å². The van der Waals surface area contributed by atoms with Gasteiger partial charge in [0.1, 0.15) is 5.82 Å². The van der Waals surface area contributed by atoms with Crippen LogP contribution in [-0.2, 0) is 4.79 Å². The van der Waals surface area contributed by atoms with E-state index < -0.39 is 0 Å². The molecule has 2 saturated heterocycles. The van der Waals surface area contributed by atoms with Crippen molar-refractivity contribution in [2.75, 3.05) is 31.1 Å². The van der Waals surface area contributed by atoms with Gasteiger partial charge in [0.05, 0.1) is 17.0 Å². The number of hydrogen-bond donors (Lipinski definition) is 1. The number of carbonyl (C=O) groups excluding carboxylic acids is 1. The minimum atomic E-state index is 0.0373. The summed E-state index contributed by atoms with van der Waals surface area (Å²) >= 11 is 0. The number of likely N-dealkylation sites (tertiary alicyclic amines) is 1. The van der Waals surface area contributed by atoms with E-state index >= 15 is 0 Å². The highest BCUT2D eigenvalue weighted by molar-refractivity contribution is 5.80. The molecular weight excluding hydrogens is 364 g/mol. The molecule has 3 aromatic rings. The Hall–Kier alpha value is -2.96. The standard InChI is InChI=1S/C22H26N6O/c29-21(17-5-3-12-28(15-17)22-23-10-4-11-24-22)27-13-8-16(9-14-27)20-25-18-6-1-2-7-19(18)26-20/h1-2,4,6-7,10-11,16-17H,3,5,8-9,12-15H2,(H,25,26). The van der Waals surface area contributed by atoms with Gasteiger partial charge >= 0.3 is 0 Å². The van der Waals surface area contributed by atoms with Crippen LogP contribution >= 0.6 is 0 Å². The molecule has 7 nitrogen and oxygen atoms in total. The summed E-state index contributed by atoms with van der Waals surface area (Å²) in [7, 11) is 0. The summed E-state index contributed by atoms with van der Waals surface area (Å²) in [6, 6.07) is 9.97. The van der Waals surface area contributed by atoms with E-state index in [1.165, 1.54) is 0 Å². The molecule has 2 aliphatic heterocycles. The first-order chi connectivity index (χ1) is 14.3. The van der Waals surface area contributed by atoms with Crippen LogP contribution in [0.3, 0.4) is 0 Å². The van der Waals surface area contributed by atoms with Crippen molar-refractivity contribution in [3.8, 4) is 0 Å². The van der Waals surface area contributed by atoms with E-state index in [4.69, 9.17) is 4.98 Å². The first-order valence-corrected chi connectivity index (χ1v) is 10.5. The lowest BCUT2D eigenvalue weighted by Gasteiger charge is -2.37. The Bertz CT molecular complexity index is 946. The molecule has 1 aromatic carbocycles. The Labute approximate surface area is 170 Å². The van der Waals surface area contributed by atoms with Crippen molar-refractivity contribution in [3.63, 3.8) is 0 Å². The number of aromatic nitrogens is 4. The number of rotatable bonds is 3. The molecule has 5 rings (SSSR count). The number of imidazole rings is 1. The second-order valence-electron chi connectivity index (χ2n) is 8.07. The highest BCUT2D eigenvalue weighted by Crippen LogP contribution is 2.29. The molecule has 4 heterocycles. The first-order valence-electron chi connectivity index (χ1n) is 10.5. The topological polar surface area (TPSA) is 78.0 Å². The molecule has 150 valence electrons. The van der Waals surface area contributed by atoms with Crippen LogP contribution in [0.2, 0.25) is 0 Å². The summed E-state index contributed by atoms with van der Waals surface area (Å²) in [6.45, 7) is 3.24. The molecule has 7 heteroatoms. The van der Waals surface area contributed by atoms with Crippen molar-refractivity contribution in [1.82, 2.24) is 24.8 Å². The largest absolute Gasteiger partial charge is 0.342 e. The minimum Gasteiger partial charge on any atom is -0.342 e. The van der Waals surface area contributed by atoms with Gasteiger partial charge in [-0.3, -0.25) is 4.79 Å². The zero-order valence-corrected chi connectivity index (χ0v) is 16.5. The number of anilines is 1. The van der Waals surface area contributed by atoms with Gasteiger partial charge in [0.25, 0.3) is 0 Å². The van der Waals surface area contributed by atoms with E-state index in [2.05, 4.69) is 30.8 Å². The molecule has 0 saturated carbocycles. The Morgan fingerprint density at radius 1 is 1.00 bits per heavy atom. The second kappa shape index (κ2) is 7.81. The lowest BCUT2D eigenvalue weighted by atomic mass is 9.92. The highest BCUT2D eigenvalue weighted by Gasteiger charge is 2.33. The van der Waals surface area contributed by atoms with Gasteiger partial charge in [0.15, 0.2) is 0 Å². The normalized spacial score (nSPS) is 20.9. The van der Waals surface area contributed by atoms with Crippen molar-refractivity contribution >= 4 is 22.9 Å². The molecular formula is C22H26N6O. The van der Waals surface area contributed by atoms with E-state index in [1.807, 2.05) is 24.3 Å². The van der Waals surface area contributed by atoms with Crippen LogP contribution in [0.25, 0.3) is 11.0 Å². The molecule has 1 N–H and O–H groups in total. The Morgan fingerprint density at radius 3 is 2.59 bits per heavy atom. The van der Waals surface area contributed by atoms with Gasteiger partial charge in [-0.2, -0.15) is 0 Å². The molecule has 29 heavy (non-hydrogen) atoms. The summed E-state index contributed by atoms with van der Waals surface area (Å²) in [5.41, 5.74) is 2.11. The average Bonchev–Trinajstić information content (AvgIpc) is 3.24. The number of carbonyl (C=O) groups is 1. The van der Waals surface area contributed by atoms with Gasteiger partial charge in [0, 0.05) is 44.5 Å². The zero-order chi connectivity index (χ0) is 19.6. The molecule has 0 aliphatic carbocycles. The van der Waals surface area contributed by atoms with Crippen LogP contribution in [0, 0.1) is 5.92 Å². The smallest absolute Gasteiger partial charge is 0.227 e. The number of nitrogens with zero attached hydrogens (tertiary/aromatic N) is 5. The van der Waals surface area contributed by atoms with Crippen molar-refractivity contribution in [1.29, 1.82) is 0 Å². The number of fused-ring (bicyclic) bond motifs is 1. The fraction of sp³-hybridized carbons (Fsp3) is 0.455. The van der Waals surface area contributed by atoms with E-state index in [1.54, 1.807) is 12.4 Å². The molecule has 0 bridgehead atoms. The predicted molar refractivity (Wildman–Crippen MR) is 112 cm³/mol. The van der Waals surface area contributed by atoms with E-state index in [0.29, 0.717) is 12.5 Å². The highest BCUT2D eigenvalue weighted by atomic mass is 16.2. The Morgan fingerprint density at radius 2 is 1.79 bits per heavy atom. The Kier molecular flexibility index (Phi) is 4.87. The Balaban J connectivity index is 1.20. The maximum atomic E-state index is 13.1. The summed E-state index contributed by atoms with van der Waals surface area (Å²) in [5, 5.41) is 0. The van der Waals surface area contributed by atoms with Gasteiger partial charge in [-0.1, -0.05) is 12.1 Å². The van der Waals surface area contributed by atoms with Crippen molar-refractivity contribution in [2.24, 2.45) is 5.92 Å². The maximum absolute atomic E-state index is 13.1. The van der Waals surface area contributed by atoms with Gasteiger partial charge < -0.3 is 14.8 Å². The lowest BCUT2D eigenvalue weighted by molar-refractivity contribution is -0.136. The molecule has 2 aromatic heterocycles. The molecule has 2 fully saturated rings. The van der Waals surface area contributed by atoms with Gasteiger partial charge in [-0.25, -0.2) is 15.0 Å². The third-order valence-electron chi connectivity index (χ3n) is 6.21. The second-order valence-corrected chi connectivity index (χ2v) is 8.07. The summed E-state index contributed by atoms with van der Waals surface area (Å²) in [4.78, 5) is 34.3. The monoisotopic (exact) mass is 390 g/mol. The number of H-pyrrole nitrogens is 1. The number of benzene rings is 1. The van der Waals surface area contributed by atoms with Crippen LogP contribution in [0.15, 0.2) is 42.7 Å². The number of amides is 1. The van der Waals surface area contributed by atoms with Crippen LogP contribution in [0.1, 0.15) is 37.4 Å². The minimum absolute atomic E-state index is 0.0373. The number of piperidine rings is 2. The SMILES string of the molecule is O=C(C1CCCN(c2ncccn2)C1)N1CCC(c2nc3ccccc3[nH]2)CC1. The maximum Gasteiger partial charge on any atom is 0.227 e. The number of hydrogen-bond acceptors (Lipinski definition) is 5. The quantitative estimate of drug-likeness (QED) is 0.744.